The van der Waals surface area contributed by atoms with Crippen molar-refractivity contribution in [2.45, 2.75) is 135 Å². The minimum Gasteiger partial charge on any atom is -0.493 e. The second-order valence-corrected chi connectivity index (χ2v) is 23.6. The van der Waals surface area contributed by atoms with Gasteiger partial charge in [0.1, 0.15) is 42.6 Å². The fourth-order valence-electron chi connectivity index (χ4n) is 11.0. The Hall–Kier alpha value is -8.23. The summed E-state index contributed by atoms with van der Waals surface area (Å²) in [6.07, 6.45) is 2.91. The molecule has 2 aliphatic rings. The smallest absolute Gasteiger partial charge is 0.330 e. The van der Waals surface area contributed by atoms with Crippen LogP contribution in [0.2, 0.25) is 0 Å². The van der Waals surface area contributed by atoms with Crippen LogP contribution in [0.15, 0.2) is 116 Å². The van der Waals surface area contributed by atoms with E-state index in [4.69, 9.17) is 23.7 Å². The maximum Gasteiger partial charge on any atom is 0.330 e. The number of esters is 2. The number of nitrogens with one attached hydrogen (secondary N) is 1. The molecule has 0 aliphatic carbocycles. The van der Waals surface area contributed by atoms with E-state index in [9.17, 15) is 38.4 Å². The molecule has 4 aromatic rings. The summed E-state index contributed by atoms with van der Waals surface area (Å²) in [6.45, 7) is 12.5. The van der Waals surface area contributed by atoms with Gasteiger partial charge in [0.25, 0.3) is 5.91 Å². The first-order chi connectivity index (χ1) is 42.0. The van der Waals surface area contributed by atoms with Crippen LogP contribution in [0.1, 0.15) is 120 Å². The van der Waals surface area contributed by atoms with Crippen molar-refractivity contribution < 1.29 is 66.8 Å². The maximum absolute atomic E-state index is 15.1. The fourth-order valence-corrected chi connectivity index (χ4v) is 11.0. The lowest BCUT2D eigenvalue weighted by molar-refractivity contribution is -0.165. The minimum atomic E-state index is -1.40. The summed E-state index contributed by atoms with van der Waals surface area (Å²) in [7, 11) is 8.00. The molecule has 88 heavy (non-hydrogen) atoms. The van der Waals surface area contributed by atoms with Crippen LogP contribution < -0.4 is 19.6 Å². The van der Waals surface area contributed by atoms with Gasteiger partial charge in [-0.1, -0.05) is 106 Å². The van der Waals surface area contributed by atoms with Crippen LogP contribution in [0, 0.1) is 11.3 Å². The molecule has 4 amide bonds. The molecule has 1 N–H and O–H groups in total. The second kappa shape index (κ2) is 32.7. The van der Waals surface area contributed by atoms with Crippen LogP contribution >= 0.6 is 0 Å². The normalized spacial score (nSPS) is 16.4. The first kappa shape index (κ1) is 68.9. The van der Waals surface area contributed by atoms with Crippen LogP contribution in [0.25, 0.3) is 0 Å². The maximum atomic E-state index is 15.1. The Bertz CT molecular complexity index is 3080. The fraction of sp³-hybridized carbons (Fsp3) is 0.485. The Morgan fingerprint density at radius 1 is 0.739 bits per heavy atom. The summed E-state index contributed by atoms with van der Waals surface area (Å²) in [5, 5.41) is 1.81. The van der Waals surface area contributed by atoms with E-state index >= 15 is 4.79 Å². The number of likely N-dealkylation sites (N-methyl/N-ethyl adjacent to an activating group) is 2. The van der Waals surface area contributed by atoms with Gasteiger partial charge in [0, 0.05) is 59.7 Å². The summed E-state index contributed by atoms with van der Waals surface area (Å²) in [5.74, 6) is -4.73. The largest absolute Gasteiger partial charge is 0.493 e. The van der Waals surface area contributed by atoms with Gasteiger partial charge in [-0.3, -0.25) is 33.6 Å². The highest BCUT2D eigenvalue weighted by atomic mass is 16.5. The first-order valence-corrected chi connectivity index (χ1v) is 30.3. The predicted molar refractivity (Wildman–Crippen MR) is 331 cm³/mol. The molecule has 4 aromatic carbocycles. The van der Waals surface area contributed by atoms with Crippen molar-refractivity contribution in [1.29, 1.82) is 0 Å². The number of rotatable bonds is 32. The topological polar surface area (TPSA) is 228 Å². The van der Waals surface area contributed by atoms with Crippen LogP contribution in [-0.4, -0.2) is 170 Å². The molecule has 20 nitrogen and oxygen atoms in total. The highest BCUT2D eigenvalue weighted by Gasteiger charge is 2.45. The van der Waals surface area contributed by atoms with Gasteiger partial charge >= 0.3 is 11.9 Å². The molecule has 0 radical (unpaired) electrons. The molecule has 474 valence electrons. The van der Waals surface area contributed by atoms with E-state index in [1.807, 2.05) is 106 Å². The van der Waals surface area contributed by atoms with Crippen LogP contribution in [-0.2, 0) is 65.5 Å². The van der Waals surface area contributed by atoms with Crippen molar-refractivity contribution >= 4 is 52.9 Å². The zero-order valence-electron chi connectivity index (χ0n) is 52.7. The molecule has 20 heteroatoms. The number of likely N-dealkylation sites (tertiary alicyclic amines) is 2. The Morgan fingerprint density at radius 3 is 2.06 bits per heavy atom. The van der Waals surface area contributed by atoms with E-state index in [2.05, 4.69) is 12.0 Å². The number of amides is 4. The average molecular weight is 1210 g/mol. The molecule has 2 heterocycles. The van der Waals surface area contributed by atoms with Crippen LogP contribution in [0.4, 0.5) is 0 Å². The number of hydrogen-bond donors (Lipinski definition) is 1. The number of ether oxygens (including phenoxy) is 5. The zero-order valence-corrected chi connectivity index (χ0v) is 52.7. The van der Waals surface area contributed by atoms with Crippen molar-refractivity contribution in [2.24, 2.45) is 11.3 Å². The lowest BCUT2D eigenvalue weighted by Crippen LogP contribution is -2.58. The minimum absolute atomic E-state index is 0.115. The highest BCUT2D eigenvalue weighted by molar-refractivity contribution is 6.39. The molecule has 6 atom stereocenters. The Labute approximate surface area is 517 Å². The van der Waals surface area contributed by atoms with Gasteiger partial charge in [0.2, 0.25) is 35.1 Å². The third-order valence-electron chi connectivity index (χ3n) is 16.3. The number of hydrazine groups is 1. The number of ketones is 3. The van der Waals surface area contributed by atoms with E-state index in [0.717, 1.165) is 17.2 Å². The highest BCUT2D eigenvalue weighted by Crippen LogP contribution is 2.34. The van der Waals surface area contributed by atoms with Gasteiger partial charge in [-0.15, -0.1) is 0 Å². The lowest BCUT2D eigenvalue weighted by Gasteiger charge is -2.37. The third kappa shape index (κ3) is 18.2. The quantitative estimate of drug-likeness (QED) is 0.0214. The summed E-state index contributed by atoms with van der Waals surface area (Å²) >= 11 is 0. The summed E-state index contributed by atoms with van der Waals surface area (Å²) in [4.78, 5) is 132. The van der Waals surface area contributed by atoms with Crippen LogP contribution in [0.5, 0.6) is 17.2 Å². The number of aryl methyl sites for hydroxylation is 1. The SMILES string of the molecule is C=CC(=O)OCC(C)(C)C(=O)C(=O)N1CCCC[C@H]1C(=O)O[C@H](CCc1ccc(OC)c(OC)c1)c1cccc(OCCC(=O)C(=O)[C@H](CC(C)C)N(C)C(=O)[C@H]2CCCN2C(=O)[C@H](Cc2ccccc2)N(C)C(=O)C(NN(C)CC)c2ccccc2)c1. The molecular formula is C68H88N6O14. The summed E-state index contributed by atoms with van der Waals surface area (Å²) in [5.41, 5.74) is 4.80. The van der Waals surface area contributed by atoms with Crippen molar-refractivity contribution in [3.05, 3.63) is 138 Å². The van der Waals surface area contributed by atoms with Gasteiger partial charge in [-0.25, -0.2) is 20.0 Å². The van der Waals surface area contributed by atoms with E-state index < -0.39 is 88.7 Å². The van der Waals surface area contributed by atoms with Crippen molar-refractivity contribution in [3.8, 4) is 17.2 Å². The molecule has 2 fully saturated rings. The van der Waals surface area contributed by atoms with E-state index in [1.165, 1.54) is 54.7 Å². The number of hydrogen-bond acceptors (Lipinski definition) is 16. The average Bonchev–Trinajstić information content (AvgIpc) is 2.54. The molecule has 0 saturated carbocycles. The number of piperidine rings is 1. The number of methoxy groups -OCH3 is 2. The van der Waals surface area contributed by atoms with E-state index in [-0.39, 0.29) is 70.2 Å². The van der Waals surface area contributed by atoms with Gasteiger partial charge in [-0.05, 0) is 118 Å². The van der Waals surface area contributed by atoms with Crippen molar-refractivity contribution in [1.82, 2.24) is 30.0 Å². The molecule has 6 rings (SSSR count). The first-order valence-electron chi connectivity index (χ1n) is 30.3. The Balaban J connectivity index is 1.17. The van der Waals surface area contributed by atoms with Gasteiger partial charge < -0.3 is 43.3 Å². The number of carbonyl (C=O) groups is 9. The number of nitrogens with zero attached hydrogens (tertiary/aromatic N) is 5. The monoisotopic (exact) mass is 1210 g/mol. The molecule has 2 aliphatic heterocycles. The molecule has 1 unspecified atom stereocenters. The molecule has 0 spiro atoms. The van der Waals surface area contributed by atoms with Crippen LogP contribution in [0.3, 0.4) is 0 Å². The standard InChI is InChI=1S/C68H88N6O14/c1-12-59(76)87-44-68(5,6)62(78)66(82)74-37-21-20-30-52(74)67(83)88-56(34-32-47-33-35-57(84-10)58(42-47)85-11)49-28-22-29-50(43-49)86-39-36-55(75)61(77)53(40-45(3)4)71(8)63(79)51-31-23-38-73(51)64(80)54(41-46-24-16-14-17-25-46)72(9)65(81)60(69-70(7)13-2)48-26-18-15-19-27-48/h12,14-19,22,24-29,33,35,42-43,45,51-54,56,60,69H,1,13,20-21,23,30-32,34,36-41,44H2,2-11H3/t51-,52+,53+,54+,56-,60?/m1/s1. The second-order valence-electron chi connectivity index (χ2n) is 23.6. The molecule has 2 saturated heterocycles. The lowest BCUT2D eigenvalue weighted by atomic mass is 9.87. The molecule has 0 aromatic heterocycles. The van der Waals surface area contributed by atoms with E-state index in [0.29, 0.717) is 67.0 Å². The number of Topliss-reactive ketones (excluding diaryl/α,β-unsaturated/α-hetero) is 3. The van der Waals surface area contributed by atoms with Crippen molar-refractivity contribution in [3.63, 3.8) is 0 Å². The summed E-state index contributed by atoms with van der Waals surface area (Å²) < 4.78 is 28.5. The Kier molecular flexibility index (Phi) is 25.6. The van der Waals surface area contributed by atoms with Crippen molar-refractivity contribution in [2.75, 3.05) is 68.2 Å². The third-order valence-corrected chi connectivity index (χ3v) is 16.3. The Morgan fingerprint density at radius 2 is 1.40 bits per heavy atom. The van der Waals surface area contributed by atoms with E-state index in [1.54, 1.807) is 37.4 Å². The zero-order chi connectivity index (χ0) is 64.2. The predicted octanol–water partition coefficient (Wildman–Crippen LogP) is 7.67. The number of carbonyl (C=O) groups excluding carboxylic acids is 9. The van der Waals surface area contributed by atoms with Gasteiger partial charge in [-0.2, -0.15) is 0 Å². The molecule has 0 bridgehead atoms. The van der Waals surface area contributed by atoms with Gasteiger partial charge in [0.15, 0.2) is 11.5 Å². The molecular weight excluding hydrogens is 1120 g/mol. The number of benzene rings is 4. The van der Waals surface area contributed by atoms with Gasteiger partial charge in [0.05, 0.1) is 32.3 Å². The summed E-state index contributed by atoms with van der Waals surface area (Å²) in [6, 6.07) is 25.9.